The lowest BCUT2D eigenvalue weighted by molar-refractivity contribution is -0.193. The summed E-state index contributed by atoms with van der Waals surface area (Å²) >= 11 is 0. The van der Waals surface area contributed by atoms with Gasteiger partial charge in [0.2, 0.25) is 0 Å². The van der Waals surface area contributed by atoms with E-state index in [0.717, 1.165) is 26.2 Å². The molecule has 0 bridgehead atoms. The first-order valence-corrected chi connectivity index (χ1v) is 5.78. The Balaban J connectivity index is 1.96. The summed E-state index contributed by atoms with van der Waals surface area (Å²) in [4.78, 5) is 2.49. The maximum absolute atomic E-state index is 5.74. The Hall–Kier alpha value is -0.120. The van der Waals surface area contributed by atoms with Crippen molar-refractivity contribution in [2.75, 3.05) is 26.3 Å². The molecular formula is C11H21NO2. The number of hydrogen-bond acceptors (Lipinski definition) is 3. The van der Waals surface area contributed by atoms with E-state index in [1.165, 1.54) is 19.4 Å². The zero-order valence-corrected chi connectivity index (χ0v) is 9.29. The van der Waals surface area contributed by atoms with Crippen molar-refractivity contribution in [2.24, 2.45) is 0 Å². The molecule has 1 atom stereocenters. The molecule has 2 aliphatic heterocycles. The Morgan fingerprint density at radius 2 is 2.07 bits per heavy atom. The summed E-state index contributed by atoms with van der Waals surface area (Å²) in [6.07, 6.45) is 3.47. The predicted octanol–water partition coefficient (Wildman–Crippen LogP) is 1.62. The molecule has 0 aliphatic carbocycles. The standard InChI is InChI=1S/C11H21NO2/c1-3-10(2)12-6-4-5-11(9-12)13-7-8-14-11/h10H,3-9H2,1-2H3. The van der Waals surface area contributed by atoms with Crippen LogP contribution in [0.5, 0.6) is 0 Å². The van der Waals surface area contributed by atoms with Crippen LogP contribution in [0.2, 0.25) is 0 Å². The van der Waals surface area contributed by atoms with Gasteiger partial charge in [-0.1, -0.05) is 6.92 Å². The molecule has 1 unspecified atom stereocenters. The number of ether oxygens (including phenoxy) is 2. The summed E-state index contributed by atoms with van der Waals surface area (Å²) in [7, 11) is 0. The summed E-state index contributed by atoms with van der Waals surface area (Å²) < 4.78 is 11.5. The third-order valence-electron chi connectivity index (χ3n) is 3.47. The molecule has 0 aromatic heterocycles. The summed E-state index contributed by atoms with van der Waals surface area (Å²) in [5.41, 5.74) is 0. The van der Waals surface area contributed by atoms with Crippen LogP contribution in [0.15, 0.2) is 0 Å². The van der Waals surface area contributed by atoms with Gasteiger partial charge in [0.1, 0.15) is 0 Å². The van der Waals surface area contributed by atoms with Crippen LogP contribution in [0.1, 0.15) is 33.1 Å². The predicted molar refractivity (Wildman–Crippen MR) is 55.2 cm³/mol. The van der Waals surface area contributed by atoms with Gasteiger partial charge in [-0.15, -0.1) is 0 Å². The molecule has 2 heterocycles. The highest BCUT2D eigenvalue weighted by Gasteiger charge is 2.41. The molecule has 0 N–H and O–H groups in total. The van der Waals surface area contributed by atoms with Gasteiger partial charge in [0.15, 0.2) is 5.79 Å². The monoisotopic (exact) mass is 199 g/mol. The largest absolute Gasteiger partial charge is 0.346 e. The highest BCUT2D eigenvalue weighted by Crippen LogP contribution is 2.31. The van der Waals surface area contributed by atoms with Gasteiger partial charge in [-0.2, -0.15) is 0 Å². The van der Waals surface area contributed by atoms with Crippen LogP contribution in [0, 0.1) is 0 Å². The lowest BCUT2D eigenvalue weighted by Gasteiger charge is -2.41. The van der Waals surface area contributed by atoms with Gasteiger partial charge in [0.25, 0.3) is 0 Å². The Kier molecular flexibility index (Phi) is 3.10. The van der Waals surface area contributed by atoms with Crippen molar-refractivity contribution in [1.29, 1.82) is 0 Å². The van der Waals surface area contributed by atoms with Gasteiger partial charge in [-0.3, -0.25) is 4.90 Å². The molecule has 0 aromatic rings. The topological polar surface area (TPSA) is 21.7 Å². The highest BCUT2D eigenvalue weighted by molar-refractivity contribution is 4.85. The molecule has 3 nitrogen and oxygen atoms in total. The average molecular weight is 199 g/mol. The minimum absolute atomic E-state index is 0.248. The van der Waals surface area contributed by atoms with Crippen molar-refractivity contribution < 1.29 is 9.47 Å². The second-order valence-electron chi connectivity index (χ2n) is 4.44. The van der Waals surface area contributed by atoms with Crippen LogP contribution in [-0.4, -0.2) is 43.0 Å². The maximum atomic E-state index is 5.74. The summed E-state index contributed by atoms with van der Waals surface area (Å²) in [6, 6.07) is 0.653. The molecule has 3 heteroatoms. The van der Waals surface area contributed by atoms with E-state index in [0.29, 0.717) is 6.04 Å². The SMILES string of the molecule is CCC(C)N1CCCC2(C1)OCCO2. The molecular weight excluding hydrogens is 178 g/mol. The zero-order valence-electron chi connectivity index (χ0n) is 9.29. The molecule has 1 spiro atoms. The minimum Gasteiger partial charge on any atom is -0.346 e. The third-order valence-corrected chi connectivity index (χ3v) is 3.47. The average Bonchev–Trinajstić information content (AvgIpc) is 2.65. The van der Waals surface area contributed by atoms with Crippen molar-refractivity contribution in [3.8, 4) is 0 Å². The second-order valence-corrected chi connectivity index (χ2v) is 4.44. The Morgan fingerprint density at radius 3 is 2.71 bits per heavy atom. The summed E-state index contributed by atoms with van der Waals surface area (Å²) in [5, 5.41) is 0. The molecule has 0 aromatic carbocycles. The first kappa shape index (κ1) is 10.4. The molecule has 0 radical (unpaired) electrons. The van der Waals surface area contributed by atoms with Crippen molar-refractivity contribution in [1.82, 2.24) is 4.90 Å². The Labute approximate surface area is 86.4 Å². The Bertz CT molecular complexity index is 190. The summed E-state index contributed by atoms with van der Waals surface area (Å²) in [5.74, 6) is -0.248. The van der Waals surface area contributed by atoms with Crippen LogP contribution in [0.3, 0.4) is 0 Å². The van der Waals surface area contributed by atoms with Crippen LogP contribution in [0.4, 0.5) is 0 Å². The van der Waals surface area contributed by atoms with E-state index in [4.69, 9.17) is 9.47 Å². The molecule has 0 amide bonds. The zero-order chi connectivity index (χ0) is 10.0. The van der Waals surface area contributed by atoms with E-state index in [-0.39, 0.29) is 5.79 Å². The van der Waals surface area contributed by atoms with Gasteiger partial charge in [-0.25, -0.2) is 0 Å². The fraction of sp³-hybridized carbons (Fsp3) is 1.00. The number of piperidine rings is 1. The van der Waals surface area contributed by atoms with E-state index in [9.17, 15) is 0 Å². The number of likely N-dealkylation sites (tertiary alicyclic amines) is 1. The highest BCUT2D eigenvalue weighted by atomic mass is 16.7. The van der Waals surface area contributed by atoms with Crippen LogP contribution in [0.25, 0.3) is 0 Å². The molecule has 2 rings (SSSR count). The fourth-order valence-electron chi connectivity index (χ4n) is 2.39. The number of nitrogens with zero attached hydrogens (tertiary/aromatic N) is 1. The number of hydrogen-bond donors (Lipinski definition) is 0. The van der Waals surface area contributed by atoms with Crippen molar-refractivity contribution in [3.05, 3.63) is 0 Å². The minimum atomic E-state index is -0.248. The van der Waals surface area contributed by atoms with Crippen LogP contribution in [-0.2, 0) is 9.47 Å². The second kappa shape index (κ2) is 4.17. The first-order chi connectivity index (χ1) is 6.76. The van der Waals surface area contributed by atoms with Crippen LogP contribution >= 0.6 is 0 Å². The van der Waals surface area contributed by atoms with E-state index in [1.54, 1.807) is 0 Å². The quantitative estimate of drug-likeness (QED) is 0.674. The molecule has 2 fully saturated rings. The van der Waals surface area contributed by atoms with E-state index in [2.05, 4.69) is 18.7 Å². The van der Waals surface area contributed by atoms with Gasteiger partial charge < -0.3 is 9.47 Å². The lowest BCUT2D eigenvalue weighted by atomic mass is 10.0. The van der Waals surface area contributed by atoms with Gasteiger partial charge >= 0.3 is 0 Å². The van der Waals surface area contributed by atoms with Gasteiger partial charge in [-0.05, 0) is 26.3 Å². The van der Waals surface area contributed by atoms with Gasteiger partial charge in [0.05, 0.1) is 19.8 Å². The third kappa shape index (κ3) is 1.95. The molecule has 14 heavy (non-hydrogen) atoms. The molecule has 2 saturated heterocycles. The van der Waals surface area contributed by atoms with E-state index in [1.807, 2.05) is 0 Å². The summed E-state index contributed by atoms with van der Waals surface area (Å²) in [6.45, 7) is 8.23. The fourth-order valence-corrected chi connectivity index (χ4v) is 2.39. The molecule has 82 valence electrons. The van der Waals surface area contributed by atoms with Crippen molar-refractivity contribution in [3.63, 3.8) is 0 Å². The van der Waals surface area contributed by atoms with Gasteiger partial charge in [0, 0.05) is 12.5 Å². The molecule has 2 aliphatic rings. The Morgan fingerprint density at radius 1 is 1.36 bits per heavy atom. The lowest BCUT2D eigenvalue weighted by Crippen LogP contribution is -2.51. The van der Waals surface area contributed by atoms with Crippen molar-refractivity contribution >= 4 is 0 Å². The van der Waals surface area contributed by atoms with E-state index < -0.39 is 0 Å². The maximum Gasteiger partial charge on any atom is 0.181 e. The van der Waals surface area contributed by atoms with Crippen LogP contribution < -0.4 is 0 Å². The van der Waals surface area contributed by atoms with Crippen molar-refractivity contribution in [2.45, 2.75) is 44.9 Å². The molecule has 0 saturated carbocycles. The first-order valence-electron chi connectivity index (χ1n) is 5.78. The normalized spacial score (nSPS) is 29.6. The van der Waals surface area contributed by atoms with E-state index >= 15 is 0 Å². The number of rotatable bonds is 2. The smallest absolute Gasteiger partial charge is 0.181 e.